The van der Waals surface area contributed by atoms with Crippen LogP contribution in [0.25, 0.3) is 0 Å². The van der Waals surface area contributed by atoms with Crippen LogP contribution in [-0.2, 0) is 11.2 Å². The van der Waals surface area contributed by atoms with Gasteiger partial charge in [0.15, 0.2) is 0 Å². The summed E-state index contributed by atoms with van der Waals surface area (Å²) in [5, 5.41) is 0. The van der Waals surface area contributed by atoms with E-state index in [1.165, 1.54) is 59.9 Å². The lowest BCUT2D eigenvalue weighted by molar-refractivity contribution is 0.109. The van der Waals surface area contributed by atoms with Crippen LogP contribution in [0, 0.1) is 20.8 Å². The van der Waals surface area contributed by atoms with Crippen LogP contribution in [0.1, 0.15) is 54.9 Å². The number of ether oxygens (including phenoxy) is 1. The summed E-state index contributed by atoms with van der Waals surface area (Å²) in [7, 11) is 0. The molecule has 1 aliphatic heterocycles. The molecule has 0 fully saturated rings. The first-order valence-electron chi connectivity index (χ1n) is 7.44. The van der Waals surface area contributed by atoms with Gasteiger partial charge in [-0.05, 0) is 87.6 Å². The molecular weight excluding hydrogens is 232 g/mol. The molecule has 1 heteroatoms. The van der Waals surface area contributed by atoms with Crippen LogP contribution in [0.15, 0.2) is 24.0 Å². The van der Waals surface area contributed by atoms with Crippen LogP contribution in [0.2, 0.25) is 0 Å². The van der Waals surface area contributed by atoms with E-state index in [0.717, 1.165) is 0 Å². The Morgan fingerprint density at radius 3 is 2.47 bits per heavy atom. The smallest absolute Gasteiger partial charge is 0.0981 e. The van der Waals surface area contributed by atoms with Gasteiger partial charge in [-0.3, -0.25) is 0 Å². The molecule has 0 saturated carbocycles. The van der Waals surface area contributed by atoms with Crippen molar-refractivity contribution in [2.45, 2.75) is 65.9 Å². The van der Waals surface area contributed by atoms with Gasteiger partial charge in [0.1, 0.15) is 0 Å². The number of hydrogen-bond donors (Lipinski definition) is 0. The molecule has 0 saturated heterocycles. The summed E-state index contributed by atoms with van der Waals surface area (Å²) in [6, 6.07) is 4.67. The molecule has 0 spiro atoms. The first kappa shape index (κ1) is 14.2. The van der Waals surface area contributed by atoms with E-state index in [1.54, 1.807) is 0 Å². The van der Waals surface area contributed by atoms with Crippen molar-refractivity contribution in [1.29, 1.82) is 0 Å². The summed E-state index contributed by atoms with van der Waals surface area (Å²) in [6.07, 6.45) is 8.36. The summed E-state index contributed by atoms with van der Waals surface area (Å²) in [5.41, 5.74) is 7.13. The zero-order valence-corrected chi connectivity index (χ0v) is 12.8. The second-order valence-corrected chi connectivity index (χ2v) is 6.02. The highest BCUT2D eigenvalue weighted by molar-refractivity contribution is 5.36. The molecule has 1 unspecified atom stereocenters. The summed E-state index contributed by atoms with van der Waals surface area (Å²) < 4.78 is 5.74. The van der Waals surface area contributed by atoms with Gasteiger partial charge < -0.3 is 4.74 Å². The first-order valence-corrected chi connectivity index (χ1v) is 7.44. The van der Waals surface area contributed by atoms with Gasteiger partial charge in [0.2, 0.25) is 0 Å². The lowest BCUT2D eigenvalue weighted by Gasteiger charge is -2.22. The number of rotatable bonds is 4. The van der Waals surface area contributed by atoms with Gasteiger partial charge in [-0.15, -0.1) is 0 Å². The molecule has 1 aromatic carbocycles. The summed E-state index contributed by atoms with van der Waals surface area (Å²) >= 11 is 0. The van der Waals surface area contributed by atoms with Crippen molar-refractivity contribution in [2.24, 2.45) is 0 Å². The van der Waals surface area contributed by atoms with E-state index >= 15 is 0 Å². The highest BCUT2D eigenvalue weighted by Crippen LogP contribution is 2.22. The standard InChI is InChI=1S/C18H26O/c1-13-8-9-18(19-12-13)7-5-6-17-11-15(3)14(2)10-16(17)4/h10-12,18H,5-9H2,1-4H3. The van der Waals surface area contributed by atoms with Crippen molar-refractivity contribution in [3.63, 3.8) is 0 Å². The van der Waals surface area contributed by atoms with Gasteiger partial charge >= 0.3 is 0 Å². The van der Waals surface area contributed by atoms with E-state index in [4.69, 9.17) is 4.74 Å². The molecule has 1 aliphatic rings. The number of aryl methyl sites for hydroxylation is 4. The zero-order chi connectivity index (χ0) is 13.8. The largest absolute Gasteiger partial charge is 0.498 e. The maximum Gasteiger partial charge on any atom is 0.0981 e. The molecule has 0 bridgehead atoms. The predicted molar refractivity (Wildman–Crippen MR) is 81.5 cm³/mol. The fraction of sp³-hybridized carbons (Fsp3) is 0.556. The number of hydrogen-bond acceptors (Lipinski definition) is 1. The van der Waals surface area contributed by atoms with Crippen molar-refractivity contribution in [1.82, 2.24) is 0 Å². The van der Waals surface area contributed by atoms with Crippen molar-refractivity contribution in [2.75, 3.05) is 0 Å². The molecule has 0 aliphatic carbocycles. The Hall–Kier alpha value is -1.24. The van der Waals surface area contributed by atoms with Crippen LogP contribution < -0.4 is 0 Å². The Bertz CT molecular complexity index is 471. The molecule has 1 aromatic rings. The van der Waals surface area contributed by atoms with Gasteiger partial charge in [0.25, 0.3) is 0 Å². The third-order valence-electron chi connectivity index (χ3n) is 4.25. The molecule has 0 radical (unpaired) electrons. The average Bonchev–Trinajstić information content (AvgIpc) is 2.38. The fourth-order valence-corrected chi connectivity index (χ4v) is 2.75. The second-order valence-electron chi connectivity index (χ2n) is 6.02. The molecule has 1 atom stereocenters. The number of allylic oxidation sites excluding steroid dienone is 1. The SMILES string of the molecule is CC1=COC(CCCc2cc(C)c(C)cc2C)CC1. The molecule has 1 heterocycles. The van der Waals surface area contributed by atoms with E-state index < -0.39 is 0 Å². The highest BCUT2D eigenvalue weighted by Gasteiger charge is 2.13. The second kappa shape index (κ2) is 6.27. The van der Waals surface area contributed by atoms with Crippen LogP contribution >= 0.6 is 0 Å². The lowest BCUT2D eigenvalue weighted by atomic mass is 9.95. The summed E-state index contributed by atoms with van der Waals surface area (Å²) in [5.74, 6) is 0. The van der Waals surface area contributed by atoms with Gasteiger partial charge in [0, 0.05) is 0 Å². The Kier molecular flexibility index (Phi) is 4.68. The van der Waals surface area contributed by atoms with E-state index in [1.807, 2.05) is 6.26 Å². The zero-order valence-electron chi connectivity index (χ0n) is 12.8. The van der Waals surface area contributed by atoms with Crippen molar-refractivity contribution in [3.05, 3.63) is 46.2 Å². The highest BCUT2D eigenvalue weighted by atomic mass is 16.5. The quantitative estimate of drug-likeness (QED) is 0.737. The van der Waals surface area contributed by atoms with Crippen LogP contribution in [0.3, 0.4) is 0 Å². The molecule has 0 amide bonds. The normalized spacial score (nSPS) is 18.9. The maximum absolute atomic E-state index is 5.74. The minimum atomic E-state index is 0.440. The molecule has 0 aromatic heterocycles. The Labute approximate surface area is 117 Å². The van der Waals surface area contributed by atoms with Crippen LogP contribution in [-0.4, -0.2) is 6.10 Å². The average molecular weight is 258 g/mol. The van der Waals surface area contributed by atoms with Crippen molar-refractivity contribution < 1.29 is 4.74 Å². The third kappa shape index (κ3) is 3.86. The van der Waals surface area contributed by atoms with Crippen molar-refractivity contribution in [3.8, 4) is 0 Å². The minimum Gasteiger partial charge on any atom is -0.498 e. The molecular formula is C18H26O. The third-order valence-corrected chi connectivity index (χ3v) is 4.25. The lowest BCUT2D eigenvalue weighted by Crippen LogP contribution is -2.14. The molecule has 1 nitrogen and oxygen atoms in total. The molecule has 19 heavy (non-hydrogen) atoms. The first-order chi connectivity index (χ1) is 9.06. The number of benzene rings is 1. The van der Waals surface area contributed by atoms with Crippen molar-refractivity contribution >= 4 is 0 Å². The fourth-order valence-electron chi connectivity index (χ4n) is 2.75. The van der Waals surface area contributed by atoms with E-state index in [2.05, 4.69) is 39.8 Å². The van der Waals surface area contributed by atoms with Gasteiger partial charge in [-0.25, -0.2) is 0 Å². The molecule has 2 rings (SSSR count). The van der Waals surface area contributed by atoms with Crippen LogP contribution in [0.5, 0.6) is 0 Å². The predicted octanol–water partition coefficient (Wildman–Crippen LogP) is 5.02. The maximum atomic E-state index is 5.74. The molecule has 104 valence electrons. The van der Waals surface area contributed by atoms with E-state index in [9.17, 15) is 0 Å². The van der Waals surface area contributed by atoms with Gasteiger partial charge in [-0.2, -0.15) is 0 Å². The van der Waals surface area contributed by atoms with Crippen LogP contribution in [0.4, 0.5) is 0 Å². The monoisotopic (exact) mass is 258 g/mol. The Morgan fingerprint density at radius 1 is 1.05 bits per heavy atom. The topological polar surface area (TPSA) is 9.23 Å². The van der Waals surface area contributed by atoms with E-state index in [-0.39, 0.29) is 0 Å². The van der Waals surface area contributed by atoms with Gasteiger partial charge in [-0.1, -0.05) is 12.1 Å². The summed E-state index contributed by atoms with van der Waals surface area (Å²) in [6.45, 7) is 8.77. The Morgan fingerprint density at radius 2 is 1.79 bits per heavy atom. The minimum absolute atomic E-state index is 0.440. The van der Waals surface area contributed by atoms with E-state index in [0.29, 0.717) is 6.10 Å². The Balaban J connectivity index is 1.84. The molecule has 0 N–H and O–H groups in total. The summed E-state index contributed by atoms with van der Waals surface area (Å²) in [4.78, 5) is 0. The van der Waals surface area contributed by atoms with Gasteiger partial charge in [0.05, 0.1) is 12.4 Å².